The highest BCUT2D eigenvalue weighted by Gasteiger charge is 2.41. The quantitative estimate of drug-likeness (QED) is 0.921. The molecule has 124 valence electrons. The van der Waals surface area contributed by atoms with Gasteiger partial charge in [-0.3, -0.25) is 4.79 Å². The molecule has 1 fully saturated rings. The highest BCUT2D eigenvalue weighted by molar-refractivity contribution is 6.07. The normalized spacial score (nSPS) is 16.8. The third-order valence-corrected chi connectivity index (χ3v) is 5.01. The molecule has 1 aromatic heterocycles. The number of nitrogens with zero attached hydrogens (tertiary/aromatic N) is 2. The highest BCUT2D eigenvalue weighted by Crippen LogP contribution is 2.35. The molecule has 23 heavy (non-hydrogen) atoms. The van der Waals surface area contributed by atoms with Crippen LogP contribution in [-0.2, 0) is 6.42 Å². The smallest absolute Gasteiger partial charge is 0.256 e. The number of carbonyl (C=O) groups is 1. The van der Waals surface area contributed by atoms with Crippen LogP contribution in [0.5, 0.6) is 0 Å². The molecule has 0 aliphatic carbocycles. The number of likely N-dealkylation sites (tertiary alicyclic amines) is 1. The van der Waals surface area contributed by atoms with Crippen LogP contribution in [-0.4, -0.2) is 54.4 Å². The number of aromatic nitrogens is 1. The van der Waals surface area contributed by atoms with Gasteiger partial charge in [-0.05, 0) is 39.0 Å². The van der Waals surface area contributed by atoms with E-state index in [0.717, 1.165) is 48.9 Å². The van der Waals surface area contributed by atoms with Crippen LogP contribution in [0.4, 0.5) is 0 Å². The monoisotopic (exact) mass is 313 g/mol. The summed E-state index contributed by atoms with van der Waals surface area (Å²) >= 11 is 0. The lowest BCUT2D eigenvalue weighted by molar-refractivity contribution is 0.00826. The van der Waals surface area contributed by atoms with Crippen molar-refractivity contribution in [2.75, 3.05) is 33.7 Å². The lowest BCUT2D eigenvalue weighted by Crippen LogP contribution is -2.57. The number of hydrogen-bond donors (Lipinski definition) is 1. The highest BCUT2D eigenvalue weighted by atomic mass is 16.2. The Morgan fingerprint density at radius 1 is 1.35 bits per heavy atom. The molecule has 0 spiro atoms. The molecule has 1 amide bonds. The Bertz CT molecular complexity index is 710. The van der Waals surface area contributed by atoms with Crippen LogP contribution in [0.2, 0.25) is 0 Å². The molecule has 4 heteroatoms. The molecule has 4 nitrogen and oxygen atoms in total. The van der Waals surface area contributed by atoms with E-state index in [0.29, 0.717) is 0 Å². The predicted octanol–water partition coefficient (Wildman–Crippen LogP) is 3.14. The fourth-order valence-electron chi connectivity index (χ4n) is 3.53. The van der Waals surface area contributed by atoms with Gasteiger partial charge in [0.25, 0.3) is 5.91 Å². The van der Waals surface area contributed by atoms with Gasteiger partial charge in [0.15, 0.2) is 0 Å². The summed E-state index contributed by atoms with van der Waals surface area (Å²) in [4.78, 5) is 20.3. The number of para-hydroxylation sites is 1. The molecular formula is C19H27N3O. The Hall–Kier alpha value is -1.81. The number of amides is 1. The summed E-state index contributed by atoms with van der Waals surface area (Å²) in [5.74, 6) is 0.159. The van der Waals surface area contributed by atoms with Gasteiger partial charge in [-0.15, -0.1) is 0 Å². The maximum Gasteiger partial charge on any atom is 0.256 e. The summed E-state index contributed by atoms with van der Waals surface area (Å²) < 4.78 is 0. The number of aryl methyl sites for hydroxylation is 1. The number of fused-ring (bicyclic) bond motifs is 1. The van der Waals surface area contributed by atoms with Gasteiger partial charge in [-0.1, -0.05) is 32.0 Å². The van der Waals surface area contributed by atoms with Crippen LogP contribution in [0.3, 0.4) is 0 Å². The zero-order valence-corrected chi connectivity index (χ0v) is 14.6. The van der Waals surface area contributed by atoms with E-state index in [9.17, 15) is 4.79 Å². The Morgan fingerprint density at radius 2 is 2.09 bits per heavy atom. The Balaban J connectivity index is 1.73. The van der Waals surface area contributed by atoms with E-state index in [-0.39, 0.29) is 11.3 Å². The lowest BCUT2D eigenvalue weighted by atomic mass is 9.78. The van der Waals surface area contributed by atoms with Crippen molar-refractivity contribution in [3.63, 3.8) is 0 Å². The van der Waals surface area contributed by atoms with Crippen molar-refractivity contribution >= 4 is 16.8 Å². The topological polar surface area (TPSA) is 39.3 Å². The third-order valence-electron chi connectivity index (χ3n) is 5.01. The SMILES string of the molecule is CCc1cccc2c(C(=O)N3CC(C)(CCN(C)C)C3)c[nH]c12. The molecule has 2 heterocycles. The Kier molecular flexibility index (Phi) is 4.19. The second-order valence-corrected chi connectivity index (χ2v) is 7.42. The summed E-state index contributed by atoms with van der Waals surface area (Å²) in [6.45, 7) is 7.22. The molecular weight excluding hydrogens is 286 g/mol. The van der Waals surface area contributed by atoms with Gasteiger partial charge in [-0.25, -0.2) is 0 Å². The summed E-state index contributed by atoms with van der Waals surface area (Å²) in [6.07, 6.45) is 3.98. The molecule has 0 radical (unpaired) electrons. The first-order valence-corrected chi connectivity index (χ1v) is 8.46. The third kappa shape index (κ3) is 3.00. The minimum Gasteiger partial charge on any atom is -0.360 e. The summed E-state index contributed by atoms with van der Waals surface area (Å²) in [7, 11) is 4.20. The van der Waals surface area contributed by atoms with E-state index in [1.807, 2.05) is 23.2 Å². The number of carbonyl (C=O) groups excluding carboxylic acids is 1. The van der Waals surface area contributed by atoms with E-state index < -0.39 is 0 Å². The Labute approximate surface area is 138 Å². The molecule has 1 aromatic carbocycles. The number of nitrogens with one attached hydrogen (secondary N) is 1. The van der Waals surface area contributed by atoms with Gasteiger partial charge in [0.2, 0.25) is 0 Å². The first-order chi connectivity index (χ1) is 10.9. The molecule has 0 bridgehead atoms. The van der Waals surface area contributed by atoms with Gasteiger partial charge in [-0.2, -0.15) is 0 Å². The van der Waals surface area contributed by atoms with Crippen molar-refractivity contribution in [2.45, 2.75) is 26.7 Å². The van der Waals surface area contributed by atoms with Crippen molar-refractivity contribution in [1.82, 2.24) is 14.8 Å². The number of H-pyrrole nitrogens is 1. The van der Waals surface area contributed by atoms with Gasteiger partial charge in [0.1, 0.15) is 0 Å². The van der Waals surface area contributed by atoms with E-state index in [4.69, 9.17) is 0 Å². The number of benzene rings is 1. The first-order valence-electron chi connectivity index (χ1n) is 8.46. The maximum atomic E-state index is 12.8. The van der Waals surface area contributed by atoms with Gasteiger partial charge in [0.05, 0.1) is 5.56 Å². The van der Waals surface area contributed by atoms with E-state index >= 15 is 0 Å². The van der Waals surface area contributed by atoms with Crippen LogP contribution in [0, 0.1) is 5.41 Å². The molecule has 1 aliphatic rings. The first kappa shape index (κ1) is 16.1. The number of rotatable bonds is 5. The van der Waals surface area contributed by atoms with Gasteiger partial charge >= 0.3 is 0 Å². The van der Waals surface area contributed by atoms with E-state index in [2.05, 4.69) is 43.9 Å². The fraction of sp³-hybridized carbons (Fsp3) is 0.526. The minimum atomic E-state index is 0.159. The van der Waals surface area contributed by atoms with Crippen molar-refractivity contribution in [1.29, 1.82) is 0 Å². The lowest BCUT2D eigenvalue weighted by Gasteiger charge is -2.48. The van der Waals surface area contributed by atoms with Gasteiger partial charge in [0, 0.05) is 35.6 Å². The molecule has 3 rings (SSSR count). The average Bonchev–Trinajstić information content (AvgIpc) is 2.93. The molecule has 2 aromatic rings. The number of aromatic amines is 1. The van der Waals surface area contributed by atoms with Crippen LogP contribution in [0.15, 0.2) is 24.4 Å². The van der Waals surface area contributed by atoms with Crippen LogP contribution >= 0.6 is 0 Å². The summed E-state index contributed by atoms with van der Waals surface area (Å²) in [6, 6.07) is 6.21. The fourth-order valence-corrected chi connectivity index (χ4v) is 3.53. The van der Waals surface area contributed by atoms with E-state index in [1.165, 1.54) is 5.56 Å². The largest absolute Gasteiger partial charge is 0.360 e. The van der Waals surface area contributed by atoms with Crippen molar-refractivity contribution in [2.24, 2.45) is 5.41 Å². The van der Waals surface area contributed by atoms with Crippen molar-refractivity contribution in [3.05, 3.63) is 35.5 Å². The zero-order valence-electron chi connectivity index (χ0n) is 14.6. The molecule has 1 N–H and O–H groups in total. The second-order valence-electron chi connectivity index (χ2n) is 7.42. The van der Waals surface area contributed by atoms with Crippen LogP contribution in [0.25, 0.3) is 10.9 Å². The zero-order chi connectivity index (χ0) is 16.6. The molecule has 1 aliphatic heterocycles. The molecule has 0 unspecified atom stereocenters. The van der Waals surface area contributed by atoms with Crippen molar-refractivity contribution < 1.29 is 4.79 Å². The van der Waals surface area contributed by atoms with Crippen LogP contribution in [0.1, 0.15) is 36.2 Å². The van der Waals surface area contributed by atoms with E-state index in [1.54, 1.807) is 0 Å². The van der Waals surface area contributed by atoms with Crippen LogP contribution < -0.4 is 0 Å². The molecule has 0 saturated carbocycles. The maximum absolute atomic E-state index is 12.8. The average molecular weight is 313 g/mol. The summed E-state index contributed by atoms with van der Waals surface area (Å²) in [5, 5.41) is 1.05. The van der Waals surface area contributed by atoms with Crippen molar-refractivity contribution in [3.8, 4) is 0 Å². The predicted molar refractivity (Wildman–Crippen MR) is 94.9 cm³/mol. The number of hydrogen-bond acceptors (Lipinski definition) is 2. The van der Waals surface area contributed by atoms with Gasteiger partial charge < -0.3 is 14.8 Å². The second kappa shape index (κ2) is 6.00. The minimum absolute atomic E-state index is 0.159. The standard InChI is InChI=1S/C19H27N3O/c1-5-14-7-6-8-15-16(11-20-17(14)15)18(23)22-12-19(2,13-22)9-10-21(3)4/h6-8,11,20H,5,9-10,12-13H2,1-4H3. The molecule has 0 atom stereocenters. The summed E-state index contributed by atoms with van der Waals surface area (Å²) in [5.41, 5.74) is 3.45. The molecule has 1 saturated heterocycles. The Morgan fingerprint density at radius 3 is 2.74 bits per heavy atom.